The lowest BCUT2D eigenvalue weighted by Crippen LogP contribution is -2.18. The zero-order valence-corrected chi connectivity index (χ0v) is 14.0. The van der Waals surface area contributed by atoms with E-state index in [0.29, 0.717) is 21.1 Å². The zero-order chi connectivity index (χ0) is 13.6. The number of hydrogen-bond acceptors (Lipinski definition) is 1. The van der Waals surface area contributed by atoms with Crippen LogP contribution in [0.15, 0.2) is 18.2 Å². The fraction of sp³-hybridized carbons (Fsp3) is 0.429. The summed E-state index contributed by atoms with van der Waals surface area (Å²) < 4.78 is 22.0. The molecule has 1 nitrogen and oxygen atoms in total. The van der Waals surface area contributed by atoms with Gasteiger partial charge in [0.1, 0.15) is 11.6 Å². The summed E-state index contributed by atoms with van der Waals surface area (Å²) in [4.78, 5) is 0. The van der Waals surface area contributed by atoms with Gasteiger partial charge in [0.2, 0.25) is 0 Å². The van der Waals surface area contributed by atoms with Gasteiger partial charge in [0.05, 0.1) is 5.56 Å². The van der Waals surface area contributed by atoms with Crippen LogP contribution < -0.4 is 4.43 Å². The third-order valence-electron chi connectivity index (χ3n) is 2.44. The van der Waals surface area contributed by atoms with Gasteiger partial charge in [-0.05, 0) is 27.5 Å². The summed E-state index contributed by atoms with van der Waals surface area (Å²) in [6.45, 7) is 6.49. The Bertz CT molecular complexity index is 463. The molecule has 0 aliphatic carbocycles. The molecule has 0 fully saturated rings. The lowest BCUT2D eigenvalue weighted by atomic mass is 10.1. The summed E-state index contributed by atoms with van der Waals surface area (Å²) in [5.41, 5.74) is 0.410. The fourth-order valence-electron chi connectivity index (χ4n) is 1.58. The van der Waals surface area contributed by atoms with E-state index in [1.807, 2.05) is 22.6 Å². The monoisotopic (exact) mass is 374 g/mol. The summed E-state index contributed by atoms with van der Waals surface area (Å²) in [6.07, 6.45) is 2.23. The van der Waals surface area contributed by atoms with Crippen molar-refractivity contribution in [1.29, 1.82) is 0 Å². The van der Waals surface area contributed by atoms with E-state index in [1.165, 1.54) is 6.07 Å². The molecule has 0 amide bonds. The van der Waals surface area contributed by atoms with Crippen molar-refractivity contribution in [3.8, 4) is 15.6 Å². The lowest BCUT2D eigenvalue weighted by molar-refractivity contribution is 0.496. The molecular weight excluding hydrogens is 358 g/mol. The van der Waals surface area contributed by atoms with Gasteiger partial charge in [-0.1, -0.05) is 33.1 Å². The summed E-state index contributed by atoms with van der Waals surface area (Å²) in [5, 5.41) is 0.145. The lowest BCUT2D eigenvalue weighted by Gasteiger charge is -2.21. The standard InChI is InChI=1S/C14H16FIOSi/c1-4-8-14(2,3)18-17-12-6-5-11(7-9-16)13(15)10-12/h5-6,10H,4,8H2,1-3H3. The SMILES string of the molecule is CCCC(C)(C)[Si]Oc1ccc(C#CI)c(F)c1. The summed E-state index contributed by atoms with van der Waals surface area (Å²) in [7, 11) is 0.333. The second-order valence-electron chi connectivity index (χ2n) is 4.70. The van der Waals surface area contributed by atoms with Crippen LogP contribution >= 0.6 is 22.6 Å². The first-order valence-corrected chi connectivity index (χ1v) is 7.82. The highest BCUT2D eigenvalue weighted by atomic mass is 127. The molecule has 0 unspecified atom stereocenters. The summed E-state index contributed by atoms with van der Waals surface area (Å²) >= 11 is 1.89. The number of halogens is 2. The van der Waals surface area contributed by atoms with E-state index in [4.69, 9.17) is 4.43 Å². The molecule has 96 valence electrons. The van der Waals surface area contributed by atoms with E-state index in [9.17, 15) is 4.39 Å². The van der Waals surface area contributed by atoms with E-state index in [1.54, 1.807) is 12.1 Å². The van der Waals surface area contributed by atoms with Crippen LogP contribution in [0.5, 0.6) is 5.75 Å². The topological polar surface area (TPSA) is 9.23 Å². The summed E-state index contributed by atoms with van der Waals surface area (Å²) in [6, 6.07) is 4.84. The van der Waals surface area contributed by atoms with Crippen LogP contribution in [0.25, 0.3) is 0 Å². The van der Waals surface area contributed by atoms with E-state index in [2.05, 4.69) is 30.6 Å². The van der Waals surface area contributed by atoms with Crippen molar-refractivity contribution < 1.29 is 8.82 Å². The van der Waals surface area contributed by atoms with Crippen LogP contribution in [0.3, 0.4) is 0 Å². The quantitative estimate of drug-likeness (QED) is 0.417. The first-order valence-electron chi connectivity index (χ1n) is 5.83. The highest BCUT2D eigenvalue weighted by Gasteiger charge is 2.21. The Kier molecular flexibility index (Phi) is 6.16. The average molecular weight is 374 g/mol. The molecule has 0 atom stereocenters. The molecule has 1 rings (SSSR count). The molecule has 0 saturated carbocycles. The maximum atomic E-state index is 13.6. The van der Waals surface area contributed by atoms with Crippen molar-refractivity contribution in [2.24, 2.45) is 0 Å². The Hall–Kier alpha value is -0.543. The average Bonchev–Trinajstić information content (AvgIpc) is 2.30. The molecule has 0 aliphatic rings. The minimum atomic E-state index is -0.324. The highest BCUT2D eigenvalue weighted by Crippen LogP contribution is 2.30. The van der Waals surface area contributed by atoms with Crippen LogP contribution in [0, 0.1) is 15.7 Å². The van der Waals surface area contributed by atoms with Gasteiger partial charge in [-0.15, -0.1) is 0 Å². The maximum Gasteiger partial charge on any atom is 0.317 e. The Labute approximate surface area is 125 Å². The molecule has 0 aromatic heterocycles. The molecule has 2 radical (unpaired) electrons. The van der Waals surface area contributed by atoms with E-state index in [0.717, 1.165) is 12.8 Å². The Balaban J connectivity index is 2.68. The first-order chi connectivity index (χ1) is 8.48. The van der Waals surface area contributed by atoms with Crippen LogP contribution in [0.4, 0.5) is 4.39 Å². The third kappa shape index (κ3) is 4.98. The van der Waals surface area contributed by atoms with Gasteiger partial charge in [0.15, 0.2) is 0 Å². The van der Waals surface area contributed by atoms with Crippen LogP contribution in [-0.4, -0.2) is 9.76 Å². The largest absolute Gasteiger partial charge is 0.540 e. The normalized spacial score (nSPS) is 10.7. The number of rotatable bonds is 5. The first kappa shape index (κ1) is 15.5. The molecular formula is C14H16FIOSi. The molecule has 18 heavy (non-hydrogen) atoms. The van der Waals surface area contributed by atoms with E-state index < -0.39 is 0 Å². The van der Waals surface area contributed by atoms with Crippen LogP contribution in [0.1, 0.15) is 39.2 Å². The minimum absolute atomic E-state index is 0.145. The smallest absolute Gasteiger partial charge is 0.317 e. The molecule has 1 aromatic rings. The molecule has 4 heteroatoms. The molecule has 0 bridgehead atoms. The fourth-order valence-corrected chi connectivity index (χ4v) is 2.75. The Morgan fingerprint density at radius 2 is 2.17 bits per heavy atom. The maximum absolute atomic E-state index is 13.6. The molecule has 0 aliphatic heterocycles. The Morgan fingerprint density at radius 3 is 2.72 bits per heavy atom. The van der Waals surface area contributed by atoms with Gasteiger partial charge < -0.3 is 4.43 Å². The molecule has 0 saturated heterocycles. The van der Waals surface area contributed by atoms with E-state index in [-0.39, 0.29) is 10.9 Å². The number of benzene rings is 1. The molecule has 1 aromatic carbocycles. The predicted octanol–water partition coefficient (Wildman–Crippen LogP) is 4.57. The van der Waals surface area contributed by atoms with Crippen molar-refractivity contribution in [2.75, 3.05) is 0 Å². The predicted molar refractivity (Wildman–Crippen MR) is 82.6 cm³/mol. The van der Waals surface area contributed by atoms with Crippen LogP contribution in [-0.2, 0) is 0 Å². The van der Waals surface area contributed by atoms with Gasteiger partial charge >= 0.3 is 9.76 Å². The van der Waals surface area contributed by atoms with Crippen LogP contribution in [0.2, 0.25) is 5.04 Å². The number of hydrogen-bond donors (Lipinski definition) is 0. The van der Waals surface area contributed by atoms with Gasteiger partial charge in [0.25, 0.3) is 0 Å². The van der Waals surface area contributed by atoms with Crippen molar-refractivity contribution in [2.45, 2.75) is 38.7 Å². The molecule has 0 spiro atoms. The molecule has 0 N–H and O–H groups in total. The van der Waals surface area contributed by atoms with Gasteiger partial charge in [0, 0.05) is 28.7 Å². The van der Waals surface area contributed by atoms with Crippen molar-refractivity contribution in [1.82, 2.24) is 0 Å². The minimum Gasteiger partial charge on any atom is -0.540 e. The van der Waals surface area contributed by atoms with Crippen molar-refractivity contribution in [3.05, 3.63) is 29.6 Å². The highest BCUT2D eigenvalue weighted by molar-refractivity contribution is 14.1. The van der Waals surface area contributed by atoms with E-state index >= 15 is 0 Å². The second-order valence-corrected chi connectivity index (χ2v) is 7.00. The summed E-state index contributed by atoms with van der Waals surface area (Å²) in [5.74, 6) is 2.96. The third-order valence-corrected chi connectivity index (χ3v) is 3.85. The van der Waals surface area contributed by atoms with Crippen molar-refractivity contribution >= 4 is 32.4 Å². The second kappa shape index (κ2) is 7.15. The van der Waals surface area contributed by atoms with Gasteiger partial charge in [-0.2, -0.15) is 0 Å². The Morgan fingerprint density at radius 1 is 1.44 bits per heavy atom. The van der Waals surface area contributed by atoms with Gasteiger partial charge in [-0.25, -0.2) is 4.39 Å². The van der Waals surface area contributed by atoms with Gasteiger partial charge in [-0.3, -0.25) is 0 Å². The van der Waals surface area contributed by atoms with Crippen molar-refractivity contribution in [3.63, 3.8) is 0 Å². The zero-order valence-electron chi connectivity index (χ0n) is 10.8. The molecule has 0 heterocycles.